The predicted octanol–water partition coefficient (Wildman–Crippen LogP) is 3.36. The monoisotopic (exact) mass is 504 g/mol. The van der Waals surface area contributed by atoms with Gasteiger partial charge in [0.05, 0.1) is 24.8 Å². The zero-order chi connectivity index (χ0) is 26.0. The molecule has 1 aliphatic rings. The van der Waals surface area contributed by atoms with Crippen LogP contribution in [-0.4, -0.2) is 61.0 Å². The molecule has 0 aliphatic carbocycles. The number of aliphatic hydroxyl groups excluding tert-OH is 1. The molecule has 8 nitrogen and oxygen atoms in total. The number of nitrogens with zero attached hydrogens (tertiary/aromatic N) is 1. The Morgan fingerprint density at radius 1 is 1.05 bits per heavy atom. The Hall–Kier alpha value is -3.88. The summed E-state index contributed by atoms with van der Waals surface area (Å²) < 4.78 is 17.2. The zero-order valence-corrected chi connectivity index (χ0v) is 20.8. The lowest BCUT2D eigenvalue weighted by Crippen LogP contribution is -2.41. The maximum absolute atomic E-state index is 12.9. The second-order valence-corrected chi connectivity index (χ2v) is 8.63. The van der Waals surface area contributed by atoms with Crippen LogP contribution in [0.15, 0.2) is 78.9 Å². The summed E-state index contributed by atoms with van der Waals surface area (Å²) in [6.07, 6.45) is -0.311. The normalized spacial score (nSPS) is 14.3. The zero-order valence-electron chi connectivity index (χ0n) is 20.8. The van der Waals surface area contributed by atoms with Gasteiger partial charge < -0.3 is 29.5 Å². The van der Waals surface area contributed by atoms with E-state index in [0.717, 1.165) is 11.1 Å². The van der Waals surface area contributed by atoms with Crippen LogP contribution in [0.25, 0.3) is 0 Å². The molecule has 2 amide bonds. The fourth-order valence-corrected chi connectivity index (χ4v) is 4.13. The number of carbonyl (C=O) groups excluding carboxylic acids is 2. The number of para-hydroxylation sites is 1. The lowest BCUT2D eigenvalue weighted by molar-refractivity contribution is -0.133. The molecule has 0 radical (unpaired) electrons. The third-order valence-corrected chi connectivity index (χ3v) is 6.12. The van der Waals surface area contributed by atoms with Gasteiger partial charge in [-0.15, -0.1) is 0 Å². The molecule has 4 rings (SSSR count). The topological polar surface area (TPSA) is 97.3 Å². The van der Waals surface area contributed by atoms with E-state index in [9.17, 15) is 14.7 Å². The summed E-state index contributed by atoms with van der Waals surface area (Å²) in [4.78, 5) is 27.1. The first kappa shape index (κ1) is 26.2. The van der Waals surface area contributed by atoms with Crippen molar-refractivity contribution >= 4 is 11.8 Å². The Balaban J connectivity index is 1.28. The summed E-state index contributed by atoms with van der Waals surface area (Å²) in [5, 5.41) is 12.7. The number of carbonyl (C=O) groups is 2. The lowest BCUT2D eigenvalue weighted by atomic mass is 10.0. The molecule has 0 aromatic heterocycles. The van der Waals surface area contributed by atoms with Gasteiger partial charge in [-0.25, -0.2) is 0 Å². The fraction of sp³-hybridized carbons (Fsp3) is 0.310. The number of rotatable bonds is 12. The standard InChI is InChI=1S/C29H32N2O6/c1-2-35-27(28(33)30-25(19-32)22-8-4-3-5-9-22)18-21-12-14-23(15-13-21)36-17-16-31-20-37-26-11-7-6-10-24(26)29(31)34/h3-15,25,27,32H,2,16-20H2,1H3,(H,30,33). The van der Waals surface area contributed by atoms with Crippen LogP contribution in [-0.2, 0) is 16.0 Å². The van der Waals surface area contributed by atoms with E-state index in [4.69, 9.17) is 14.2 Å². The summed E-state index contributed by atoms with van der Waals surface area (Å²) in [5.41, 5.74) is 2.30. The van der Waals surface area contributed by atoms with Crippen molar-refractivity contribution < 1.29 is 28.9 Å². The van der Waals surface area contributed by atoms with Gasteiger partial charge in [-0.3, -0.25) is 9.59 Å². The smallest absolute Gasteiger partial charge is 0.260 e. The molecule has 1 aliphatic heterocycles. The van der Waals surface area contributed by atoms with Crippen LogP contribution < -0.4 is 14.8 Å². The van der Waals surface area contributed by atoms with Crippen molar-refractivity contribution in [3.63, 3.8) is 0 Å². The summed E-state index contributed by atoms with van der Waals surface area (Å²) in [5.74, 6) is 0.916. The summed E-state index contributed by atoms with van der Waals surface area (Å²) in [7, 11) is 0. The third kappa shape index (κ3) is 6.87. The van der Waals surface area contributed by atoms with E-state index in [0.29, 0.717) is 43.2 Å². The van der Waals surface area contributed by atoms with Gasteiger partial charge in [0.25, 0.3) is 5.91 Å². The molecule has 37 heavy (non-hydrogen) atoms. The van der Waals surface area contributed by atoms with Gasteiger partial charge in [0.15, 0.2) is 6.73 Å². The quantitative estimate of drug-likeness (QED) is 0.393. The highest BCUT2D eigenvalue weighted by molar-refractivity contribution is 5.97. The van der Waals surface area contributed by atoms with Crippen molar-refractivity contribution in [2.75, 3.05) is 33.1 Å². The SMILES string of the molecule is CCOC(Cc1ccc(OCCN2COc3ccccc3C2=O)cc1)C(=O)NC(CO)c1ccccc1. The molecule has 8 heteroatoms. The molecular formula is C29H32N2O6. The summed E-state index contributed by atoms with van der Waals surface area (Å²) in [6, 6.07) is 23.5. The minimum atomic E-state index is -0.692. The van der Waals surface area contributed by atoms with Crippen LogP contribution in [0.4, 0.5) is 0 Å². The fourth-order valence-electron chi connectivity index (χ4n) is 4.13. The first-order chi connectivity index (χ1) is 18.1. The Bertz CT molecular complexity index is 1170. The van der Waals surface area contributed by atoms with Gasteiger partial charge in [0, 0.05) is 13.0 Å². The van der Waals surface area contributed by atoms with Crippen LogP contribution >= 0.6 is 0 Å². The second-order valence-electron chi connectivity index (χ2n) is 8.63. The second kappa shape index (κ2) is 12.9. The predicted molar refractivity (Wildman–Crippen MR) is 138 cm³/mol. The van der Waals surface area contributed by atoms with Crippen LogP contribution in [0, 0.1) is 0 Å². The van der Waals surface area contributed by atoms with Gasteiger partial charge in [-0.05, 0) is 42.3 Å². The van der Waals surface area contributed by atoms with Gasteiger partial charge >= 0.3 is 0 Å². The van der Waals surface area contributed by atoms with E-state index >= 15 is 0 Å². The molecule has 2 atom stereocenters. The van der Waals surface area contributed by atoms with Crippen molar-refractivity contribution in [1.82, 2.24) is 10.2 Å². The van der Waals surface area contributed by atoms with Crippen LogP contribution in [0.3, 0.4) is 0 Å². The number of amides is 2. The van der Waals surface area contributed by atoms with Crippen LogP contribution in [0.2, 0.25) is 0 Å². The van der Waals surface area contributed by atoms with Crippen LogP contribution in [0.1, 0.15) is 34.5 Å². The molecule has 1 heterocycles. The maximum atomic E-state index is 12.9. The Morgan fingerprint density at radius 3 is 2.51 bits per heavy atom. The van der Waals surface area contributed by atoms with E-state index in [-0.39, 0.29) is 25.2 Å². The number of fused-ring (bicyclic) bond motifs is 1. The first-order valence-corrected chi connectivity index (χ1v) is 12.4. The number of benzene rings is 3. The minimum absolute atomic E-state index is 0.0725. The van der Waals surface area contributed by atoms with Gasteiger partial charge in [-0.2, -0.15) is 0 Å². The molecule has 3 aromatic carbocycles. The molecule has 0 bridgehead atoms. The molecular weight excluding hydrogens is 472 g/mol. The molecule has 0 saturated carbocycles. The highest BCUT2D eigenvalue weighted by Gasteiger charge is 2.25. The molecule has 0 spiro atoms. The van der Waals surface area contributed by atoms with Crippen molar-refractivity contribution in [2.24, 2.45) is 0 Å². The average Bonchev–Trinajstić information content (AvgIpc) is 2.94. The number of ether oxygens (including phenoxy) is 3. The molecule has 2 N–H and O–H groups in total. The van der Waals surface area contributed by atoms with Gasteiger partial charge in [-0.1, -0.05) is 54.6 Å². The van der Waals surface area contributed by atoms with Gasteiger partial charge in [0.1, 0.15) is 24.2 Å². The number of aliphatic hydroxyl groups is 1. The highest BCUT2D eigenvalue weighted by Crippen LogP contribution is 2.24. The molecule has 194 valence electrons. The molecule has 0 fully saturated rings. The van der Waals surface area contributed by atoms with Crippen molar-refractivity contribution in [1.29, 1.82) is 0 Å². The van der Waals surface area contributed by atoms with E-state index in [1.165, 1.54) is 0 Å². The van der Waals surface area contributed by atoms with E-state index in [2.05, 4.69) is 5.32 Å². The number of hydrogen-bond donors (Lipinski definition) is 2. The average molecular weight is 505 g/mol. The Kier molecular flexibility index (Phi) is 9.13. The van der Waals surface area contributed by atoms with E-state index in [1.54, 1.807) is 17.0 Å². The lowest BCUT2D eigenvalue weighted by Gasteiger charge is -2.28. The molecule has 2 unspecified atom stereocenters. The maximum Gasteiger partial charge on any atom is 0.260 e. The Morgan fingerprint density at radius 2 is 1.78 bits per heavy atom. The molecule has 0 saturated heterocycles. The minimum Gasteiger partial charge on any atom is -0.492 e. The van der Waals surface area contributed by atoms with E-state index in [1.807, 2.05) is 73.7 Å². The summed E-state index contributed by atoms with van der Waals surface area (Å²) >= 11 is 0. The largest absolute Gasteiger partial charge is 0.492 e. The summed E-state index contributed by atoms with van der Waals surface area (Å²) in [6.45, 7) is 2.94. The van der Waals surface area contributed by atoms with E-state index < -0.39 is 12.1 Å². The first-order valence-electron chi connectivity index (χ1n) is 12.4. The molecule has 3 aromatic rings. The van der Waals surface area contributed by atoms with Crippen molar-refractivity contribution in [3.05, 3.63) is 95.6 Å². The van der Waals surface area contributed by atoms with Crippen molar-refractivity contribution in [2.45, 2.75) is 25.5 Å². The number of hydrogen-bond acceptors (Lipinski definition) is 6. The van der Waals surface area contributed by atoms with Gasteiger partial charge in [0.2, 0.25) is 5.91 Å². The highest BCUT2D eigenvalue weighted by atomic mass is 16.5. The van der Waals surface area contributed by atoms with Crippen molar-refractivity contribution in [3.8, 4) is 11.5 Å². The third-order valence-electron chi connectivity index (χ3n) is 6.12. The Labute approximate surface area is 216 Å². The van der Waals surface area contributed by atoms with Crippen LogP contribution in [0.5, 0.6) is 11.5 Å². The number of nitrogens with one attached hydrogen (secondary N) is 1.